The second kappa shape index (κ2) is 4.03. The molecule has 0 aliphatic heterocycles. The van der Waals surface area contributed by atoms with Gasteiger partial charge in [-0.25, -0.2) is 0 Å². The van der Waals surface area contributed by atoms with E-state index in [1.54, 1.807) is 0 Å². The van der Waals surface area contributed by atoms with Crippen LogP contribution >= 0.6 is 0 Å². The Morgan fingerprint density at radius 2 is 2.08 bits per heavy atom. The summed E-state index contributed by atoms with van der Waals surface area (Å²) < 4.78 is 0. The summed E-state index contributed by atoms with van der Waals surface area (Å²) in [5.41, 5.74) is 0. The van der Waals surface area contributed by atoms with Crippen LogP contribution in [0.3, 0.4) is 0 Å². The van der Waals surface area contributed by atoms with E-state index in [-0.39, 0.29) is 23.4 Å². The van der Waals surface area contributed by atoms with Crippen molar-refractivity contribution in [2.45, 2.75) is 40.0 Å². The third kappa shape index (κ3) is 2.39. The van der Waals surface area contributed by atoms with Gasteiger partial charge in [-0.3, -0.25) is 9.59 Å². The van der Waals surface area contributed by atoms with Crippen molar-refractivity contribution in [3.8, 4) is 0 Å². The van der Waals surface area contributed by atoms with Gasteiger partial charge in [-0.05, 0) is 18.8 Å². The number of ketones is 2. The van der Waals surface area contributed by atoms with Crippen LogP contribution in [0.1, 0.15) is 40.0 Å². The van der Waals surface area contributed by atoms with Crippen molar-refractivity contribution >= 4 is 11.6 Å². The van der Waals surface area contributed by atoms with Crippen LogP contribution in [0.4, 0.5) is 0 Å². The maximum absolute atomic E-state index is 11.6. The minimum Gasteiger partial charge on any atom is -0.299 e. The standard InChI is InChI=1S/C11H18O2/c1-7(2)11(13)9-6-8(3)4-5-10(9)12/h7-9H,4-6H2,1-3H3. The van der Waals surface area contributed by atoms with E-state index in [1.165, 1.54) is 0 Å². The highest BCUT2D eigenvalue weighted by molar-refractivity contribution is 6.03. The zero-order valence-corrected chi connectivity index (χ0v) is 8.67. The van der Waals surface area contributed by atoms with E-state index in [1.807, 2.05) is 13.8 Å². The zero-order valence-electron chi connectivity index (χ0n) is 8.67. The Bertz CT molecular complexity index is 218. The van der Waals surface area contributed by atoms with Crippen molar-refractivity contribution in [1.29, 1.82) is 0 Å². The number of hydrogen-bond donors (Lipinski definition) is 0. The highest BCUT2D eigenvalue weighted by atomic mass is 16.2. The maximum atomic E-state index is 11.6. The summed E-state index contributed by atoms with van der Waals surface area (Å²) in [6.07, 6.45) is 2.33. The minimum atomic E-state index is -0.288. The molecule has 13 heavy (non-hydrogen) atoms. The lowest BCUT2D eigenvalue weighted by Gasteiger charge is -2.25. The van der Waals surface area contributed by atoms with Gasteiger partial charge in [-0.1, -0.05) is 20.8 Å². The molecule has 0 aromatic heterocycles. The molecule has 1 aliphatic carbocycles. The van der Waals surface area contributed by atoms with Gasteiger partial charge in [0.25, 0.3) is 0 Å². The summed E-state index contributed by atoms with van der Waals surface area (Å²) in [5.74, 6) is 0.543. The monoisotopic (exact) mass is 182 g/mol. The molecule has 0 amide bonds. The molecule has 0 heterocycles. The smallest absolute Gasteiger partial charge is 0.145 e. The molecule has 0 aromatic carbocycles. The van der Waals surface area contributed by atoms with E-state index in [4.69, 9.17) is 0 Å². The molecule has 2 unspecified atom stereocenters. The van der Waals surface area contributed by atoms with Crippen molar-refractivity contribution in [1.82, 2.24) is 0 Å². The Kier molecular flexibility index (Phi) is 3.23. The highest BCUT2D eigenvalue weighted by Gasteiger charge is 2.32. The fraction of sp³-hybridized carbons (Fsp3) is 0.818. The first-order chi connectivity index (χ1) is 6.02. The molecule has 0 spiro atoms. The van der Waals surface area contributed by atoms with Crippen LogP contribution in [-0.2, 0) is 9.59 Å². The average Bonchev–Trinajstić information content (AvgIpc) is 2.08. The van der Waals surface area contributed by atoms with Crippen molar-refractivity contribution < 1.29 is 9.59 Å². The quantitative estimate of drug-likeness (QED) is 0.614. The predicted molar refractivity (Wildman–Crippen MR) is 51.4 cm³/mol. The van der Waals surface area contributed by atoms with Crippen molar-refractivity contribution in [3.05, 3.63) is 0 Å². The van der Waals surface area contributed by atoms with E-state index in [9.17, 15) is 9.59 Å². The second-order valence-corrected chi connectivity index (χ2v) is 4.46. The van der Waals surface area contributed by atoms with Crippen LogP contribution in [-0.4, -0.2) is 11.6 Å². The highest BCUT2D eigenvalue weighted by Crippen LogP contribution is 2.28. The summed E-state index contributed by atoms with van der Waals surface area (Å²) in [4.78, 5) is 23.1. The molecule has 0 N–H and O–H groups in total. The molecule has 2 atom stereocenters. The molecule has 1 aliphatic rings. The molecule has 1 fully saturated rings. The lowest BCUT2D eigenvalue weighted by molar-refractivity contribution is -0.137. The molecule has 1 saturated carbocycles. The summed E-state index contributed by atoms with van der Waals surface area (Å²) in [6, 6.07) is 0. The van der Waals surface area contributed by atoms with E-state index < -0.39 is 0 Å². The number of Topliss-reactive ketones (excluding diaryl/α,β-unsaturated/α-hetero) is 2. The normalized spacial score (nSPS) is 29.4. The van der Waals surface area contributed by atoms with Crippen molar-refractivity contribution in [2.24, 2.45) is 17.8 Å². The number of hydrogen-bond acceptors (Lipinski definition) is 2. The molecular formula is C11H18O2. The SMILES string of the molecule is CC1CCC(=O)C(C(=O)C(C)C)C1. The van der Waals surface area contributed by atoms with Crippen LogP contribution in [0.2, 0.25) is 0 Å². The Morgan fingerprint density at radius 3 is 2.62 bits per heavy atom. The summed E-state index contributed by atoms with van der Waals surface area (Å²) >= 11 is 0. The molecule has 1 rings (SSSR count). The van der Waals surface area contributed by atoms with Crippen LogP contribution in [0.25, 0.3) is 0 Å². The molecule has 0 saturated heterocycles. The van der Waals surface area contributed by atoms with Crippen LogP contribution in [0.5, 0.6) is 0 Å². The molecular weight excluding hydrogens is 164 g/mol. The summed E-state index contributed by atoms with van der Waals surface area (Å²) in [6.45, 7) is 5.86. The zero-order chi connectivity index (χ0) is 10.0. The van der Waals surface area contributed by atoms with Gasteiger partial charge in [0.2, 0.25) is 0 Å². The lowest BCUT2D eigenvalue weighted by atomic mass is 9.77. The first kappa shape index (κ1) is 10.4. The van der Waals surface area contributed by atoms with E-state index in [2.05, 4.69) is 6.92 Å². The van der Waals surface area contributed by atoms with E-state index in [0.717, 1.165) is 12.8 Å². The molecule has 74 valence electrons. The van der Waals surface area contributed by atoms with E-state index in [0.29, 0.717) is 12.3 Å². The number of carbonyl (C=O) groups excluding carboxylic acids is 2. The molecule has 2 nitrogen and oxygen atoms in total. The van der Waals surface area contributed by atoms with Crippen LogP contribution in [0.15, 0.2) is 0 Å². The summed E-state index contributed by atoms with van der Waals surface area (Å²) in [7, 11) is 0. The topological polar surface area (TPSA) is 34.1 Å². The maximum Gasteiger partial charge on any atom is 0.145 e. The van der Waals surface area contributed by atoms with Gasteiger partial charge in [-0.2, -0.15) is 0 Å². The van der Waals surface area contributed by atoms with Crippen molar-refractivity contribution in [3.63, 3.8) is 0 Å². The Morgan fingerprint density at radius 1 is 1.46 bits per heavy atom. The molecule has 0 aromatic rings. The number of rotatable bonds is 2. The Labute approximate surface area is 79.7 Å². The largest absolute Gasteiger partial charge is 0.299 e. The Hall–Kier alpha value is -0.660. The minimum absolute atomic E-state index is 0.000694. The van der Waals surface area contributed by atoms with Gasteiger partial charge in [0.1, 0.15) is 11.6 Å². The fourth-order valence-corrected chi connectivity index (χ4v) is 1.89. The van der Waals surface area contributed by atoms with Gasteiger partial charge in [0, 0.05) is 12.3 Å². The third-order valence-electron chi connectivity index (χ3n) is 2.82. The van der Waals surface area contributed by atoms with Gasteiger partial charge < -0.3 is 0 Å². The van der Waals surface area contributed by atoms with Gasteiger partial charge in [-0.15, -0.1) is 0 Å². The first-order valence-electron chi connectivity index (χ1n) is 5.08. The predicted octanol–water partition coefficient (Wildman–Crippen LogP) is 2.22. The van der Waals surface area contributed by atoms with Crippen LogP contribution in [0, 0.1) is 17.8 Å². The molecule has 2 heteroatoms. The summed E-state index contributed by atoms with van der Waals surface area (Å²) in [5, 5.41) is 0. The first-order valence-corrected chi connectivity index (χ1v) is 5.08. The Balaban J connectivity index is 2.66. The van der Waals surface area contributed by atoms with Gasteiger partial charge >= 0.3 is 0 Å². The molecule has 0 radical (unpaired) electrons. The second-order valence-electron chi connectivity index (χ2n) is 4.46. The van der Waals surface area contributed by atoms with Crippen molar-refractivity contribution in [2.75, 3.05) is 0 Å². The fourth-order valence-electron chi connectivity index (χ4n) is 1.89. The van der Waals surface area contributed by atoms with E-state index >= 15 is 0 Å². The number of carbonyl (C=O) groups is 2. The lowest BCUT2D eigenvalue weighted by Crippen LogP contribution is -2.32. The average molecular weight is 182 g/mol. The van der Waals surface area contributed by atoms with Gasteiger partial charge in [0.15, 0.2) is 0 Å². The molecule has 0 bridgehead atoms. The van der Waals surface area contributed by atoms with Crippen LogP contribution < -0.4 is 0 Å². The van der Waals surface area contributed by atoms with Gasteiger partial charge in [0.05, 0.1) is 5.92 Å². The third-order valence-corrected chi connectivity index (χ3v) is 2.82.